The molecule has 0 N–H and O–H groups in total. The van der Waals surface area contributed by atoms with E-state index in [0.29, 0.717) is 0 Å². The van der Waals surface area contributed by atoms with E-state index in [1.807, 2.05) is 0 Å². The van der Waals surface area contributed by atoms with Gasteiger partial charge in [-0.1, -0.05) is 124 Å². The highest BCUT2D eigenvalue weighted by atomic mass is 16.5. The van der Waals surface area contributed by atoms with Crippen molar-refractivity contribution in [2.75, 3.05) is 6.61 Å². The van der Waals surface area contributed by atoms with Gasteiger partial charge < -0.3 is 4.74 Å². The molecule has 0 bridgehead atoms. The predicted molar refractivity (Wildman–Crippen MR) is 124 cm³/mol. The average Bonchev–Trinajstić information content (AvgIpc) is 2.62. The fraction of sp³-hybridized carbons (Fsp3) is 1.00. The molecule has 0 amide bonds. The van der Waals surface area contributed by atoms with Gasteiger partial charge in [0, 0.05) is 6.61 Å². The summed E-state index contributed by atoms with van der Waals surface area (Å²) in [7, 11) is 0. The zero-order valence-electron chi connectivity index (χ0n) is 19.9. The Bertz CT molecular complexity index is 284. The third-order valence-corrected chi connectivity index (χ3v) is 5.88. The van der Waals surface area contributed by atoms with E-state index in [9.17, 15) is 0 Å². The second-order valence-corrected chi connectivity index (χ2v) is 9.66. The Morgan fingerprint density at radius 1 is 0.593 bits per heavy atom. The molecule has 0 spiro atoms. The molecular weight excluding hydrogens is 328 g/mol. The van der Waals surface area contributed by atoms with Crippen LogP contribution in [0.4, 0.5) is 0 Å². The van der Waals surface area contributed by atoms with Crippen LogP contribution in [0.1, 0.15) is 150 Å². The van der Waals surface area contributed by atoms with Crippen LogP contribution >= 0.6 is 0 Å². The first kappa shape index (κ1) is 27.0. The Morgan fingerprint density at radius 2 is 1.00 bits per heavy atom. The molecule has 0 radical (unpaired) electrons. The van der Waals surface area contributed by atoms with Crippen molar-refractivity contribution in [2.45, 2.75) is 156 Å². The van der Waals surface area contributed by atoms with Crippen LogP contribution in [0, 0.1) is 5.92 Å². The molecule has 1 unspecified atom stereocenters. The van der Waals surface area contributed by atoms with Crippen molar-refractivity contribution in [1.29, 1.82) is 0 Å². The van der Waals surface area contributed by atoms with Crippen molar-refractivity contribution < 1.29 is 4.74 Å². The highest BCUT2D eigenvalue weighted by Gasteiger charge is 2.21. The summed E-state index contributed by atoms with van der Waals surface area (Å²) in [6, 6.07) is 0. The minimum Gasteiger partial charge on any atom is -0.376 e. The van der Waals surface area contributed by atoms with Crippen LogP contribution in [0.3, 0.4) is 0 Å². The molecule has 0 saturated carbocycles. The van der Waals surface area contributed by atoms with Gasteiger partial charge in [-0.3, -0.25) is 0 Å². The SMILES string of the molecule is CCCCCCCCCCCCCCCCOC(C)(C)CC(C)CCCC. The molecular formula is C26H54O. The standard InChI is InChI=1S/C26H54O/c1-6-8-10-11-12-13-14-15-16-17-18-19-20-21-23-27-26(4,5)24-25(3)22-9-7-2/h25H,6-24H2,1-5H3. The van der Waals surface area contributed by atoms with E-state index in [2.05, 4.69) is 34.6 Å². The summed E-state index contributed by atoms with van der Waals surface area (Å²) < 4.78 is 6.19. The van der Waals surface area contributed by atoms with Gasteiger partial charge in [0.05, 0.1) is 5.60 Å². The van der Waals surface area contributed by atoms with Crippen molar-refractivity contribution in [3.05, 3.63) is 0 Å². The van der Waals surface area contributed by atoms with Crippen molar-refractivity contribution in [3.63, 3.8) is 0 Å². The molecule has 0 aliphatic rings. The third kappa shape index (κ3) is 20.5. The first-order valence-electron chi connectivity index (χ1n) is 12.7. The number of hydrogen-bond acceptors (Lipinski definition) is 1. The van der Waals surface area contributed by atoms with E-state index in [4.69, 9.17) is 4.74 Å². The van der Waals surface area contributed by atoms with E-state index in [1.54, 1.807) is 0 Å². The van der Waals surface area contributed by atoms with E-state index < -0.39 is 0 Å². The lowest BCUT2D eigenvalue weighted by atomic mass is 9.91. The number of unbranched alkanes of at least 4 members (excludes halogenated alkanes) is 14. The van der Waals surface area contributed by atoms with Gasteiger partial charge in [0.25, 0.3) is 0 Å². The van der Waals surface area contributed by atoms with Gasteiger partial charge in [-0.2, -0.15) is 0 Å². The highest BCUT2D eigenvalue weighted by molar-refractivity contribution is 4.72. The lowest BCUT2D eigenvalue weighted by molar-refractivity contribution is -0.0350. The molecule has 0 heterocycles. The second kappa shape index (κ2) is 19.3. The first-order valence-corrected chi connectivity index (χ1v) is 12.7. The smallest absolute Gasteiger partial charge is 0.0629 e. The molecule has 27 heavy (non-hydrogen) atoms. The molecule has 1 atom stereocenters. The Balaban J connectivity index is 3.32. The van der Waals surface area contributed by atoms with Crippen LogP contribution < -0.4 is 0 Å². The fourth-order valence-electron chi connectivity index (χ4n) is 4.20. The molecule has 0 aliphatic heterocycles. The zero-order chi connectivity index (χ0) is 20.2. The Labute approximate surface area is 173 Å². The maximum absolute atomic E-state index is 6.19. The summed E-state index contributed by atoms with van der Waals surface area (Å²) in [6.45, 7) is 12.5. The van der Waals surface area contributed by atoms with Crippen LogP contribution in [0.15, 0.2) is 0 Å². The van der Waals surface area contributed by atoms with E-state index in [0.717, 1.165) is 12.5 Å². The van der Waals surface area contributed by atoms with E-state index in [-0.39, 0.29) is 5.60 Å². The zero-order valence-corrected chi connectivity index (χ0v) is 19.9. The predicted octanol–water partition coefficient (Wildman–Crippen LogP) is 9.48. The molecule has 0 aliphatic carbocycles. The molecule has 0 aromatic heterocycles. The van der Waals surface area contributed by atoms with Crippen LogP contribution in [0.25, 0.3) is 0 Å². The minimum atomic E-state index is 0.0592. The monoisotopic (exact) mass is 382 g/mol. The summed E-state index contributed by atoms with van der Waals surface area (Å²) in [5, 5.41) is 0. The summed E-state index contributed by atoms with van der Waals surface area (Å²) in [4.78, 5) is 0. The summed E-state index contributed by atoms with van der Waals surface area (Å²) >= 11 is 0. The highest BCUT2D eigenvalue weighted by Crippen LogP contribution is 2.24. The minimum absolute atomic E-state index is 0.0592. The van der Waals surface area contributed by atoms with Crippen LogP contribution in [0.5, 0.6) is 0 Å². The van der Waals surface area contributed by atoms with Crippen molar-refractivity contribution in [2.24, 2.45) is 5.92 Å². The summed E-state index contributed by atoms with van der Waals surface area (Å²) in [5.41, 5.74) is 0.0592. The quantitative estimate of drug-likeness (QED) is 0.180. The maximum Gasteiger partial charge on any atom is 0.0629 e. The molecule has 1 heteroatoms. The molecule has 0 aromatic carbocycles. The average molecular weight is 383 g/mol. The molecule has 0 aromatic rings. The second-order valence-electron chi connectivity index (χ2n) is 9.66. The lowest BCUT2D eigenvalue weighted by Gasteiger charge is -2.28. The Morgan fingerprint density at radius 3 is 1.44 bits per heavy atom. The maximum atomic E-state index is 6.19. The molecule has 0 rings (SSSR count). The number of rotatable bonds is 21. The topological polar surface area (TPSA) is 9.23 Å². The summed E-state index contributed by atoms with van der Waals surface area (Å²) in [5.74, 6) is 0.788. The van der Waals surface area contributed by atoms with Gasteiger partial charge in [-0.15, -0.1) is 0 Å². The first-order chi connectivity index (χ1) is 13.0. The van der Waals surface area contributed by atoms with Crippen molar-refractivity contribution in [3.8, 4) is 0 Å². The Kier molecular flexibility index (Phi) is 19.3. The van der Waals surface area contributed by atoms with Crippen LogP contribution in [-0.2, 0) is 4.74 Å². The van der Waals surface area contributed by atoms with Crippen LogP contribution in [-0.4, -0.2) is 12.2 Å². The number of hydrogen-bond donors (Lipinski definition) is 0. The summed E-state index contributed by atoms with van der Waals surface area (Å²) in [6.07, 6.45) is 25.1. The van der Waals surface area contributed by atoms with Gasteiger partial charge in [0.15, 0.2) is 0 Å². The molecule has 1 nitrogen and oxygen atoms in total. The molecule has 0 saturated heterocycles. The molecule has 0 fully saturated rings. The van der Waals surface area contributed by atoms with Crippen LogP contribution in [0.2, 0.25) is 0 Å². The molecule has 164 valence electrons. The number of ether oxygens (including phenoxy) is 1. The largest absolute Gasteiger partial charge is 0.376 e. The van der Waals surface area contributed by atoms with Gasteiger partial charge >= 0.3 is 0 Å². The van der Waals surface area contributed by atoms with Gasteiger partial charge in [0.2, 0.25) is 0 Å². The Hall–Kier alpha value is -0.0400. The van der Waals surface area contributed by atoms with Gasteiger partial charge in [0.1, 0.15) is 0 Å². The lowest BCUT2D eigenvalue weighted by Crippen LogP contribution is -2.27. The normalized spacial score (nSPS) is 13.2. The van der Waals surface area contributed by atoms with E-state index in [1.165, 1.54) is 116 Å². The van der Waals surface area contributed by atoms with Gasteiger partial charge in [-0.25, -0.2) is 0 Å². The van der Waals surface area contributed by atoms with Gasteiger partial charge in [-0.05, 0) is 32.6 Å². The third-order valence-electron chi connectivity index (χ3n) is 5.88. The van der Waals surface area contributed by atoms with Crippen molar-refractivity contribution in [1.82, 2.24) is 0 Å². The van der Waals surface area contributed by atoms with Crippen molar-refractivity contribution >= 4 is 0 Å². The fourth-order valence-corrected chi connectivity index (χ4v) is 4.20. The van der Waals surface area contributed by atoms with E-state index >= 15 is 0 Å².